The number of nitrogens with one attached hydrogen (secondary N) is 1. The van der Waals surface area contributed by atoms with Gasteiger partial charge in [-0.1, -0.05) is 60.7 Å². The summed E-state index contributed by atoms with van der Waals surface area (Å²) in [5.74, 6) is -0.109. The predicted molar refractivity (Wildman–Crippen MR) is 92.7 cm³/mol. The predicted octanol–water partition coefficient (Wildman–Crippen LogP) is 3.09. The second-order valence-electron chi connectivity index (χ2n) is 5.95. The lowest BCUT2D eigenvalue weighted by molar-refractivity contribution is -0.127. The summed E-state index contributed by atoms with van der Waals surface area (Å²) in [5, 5.41) is 2.89. The first kappa shape index (κ1) is 16.7. The van der Waals surface area contributed by atoms with E-state index in [2.05, 4.69) is 5.32 Å². The lowest BCUT2D eigenvalue weighted by Gasteiger charge is -2.19. The number of ether oxygens (including phenoxy) is 2. The van der Waals surface area contributed by atoms with Gasteiger partial charge in [-0.2, -0.15) is 0 Å². The highest BCUT2D eigenvalue weighted by Gasteiger charge is 2.18. The SMILES string of the molecule is O=C(COC(c1ccccc1)c1ccccc1)NC[C@H]1CCCO1. The quantitative estimate of drug-likeness (QED) is 0.851. The van der Waals surface area contributed by atoms with Crippen LogP contribution in [0.1, 0.15) is 30.1 Å². The molecule has 1 amide bonds. The Morgan fingerprint density at radius 2 is 1.71 bits per heavy atom. The average molecular weight is 325 g/mol. The minimum absolute atomic E-state index is 0.0289. The van der Waals surface area contributed by atoms with Crippen LogP contribution in [-0.2, 0) is 14.3 Å². The van der Waals surface area contributed by atoms with Gasteiger partial charge < -0.3 is 14.8 Å². The zero-order chi connectivity index (χ0) is 16.6. The molecule has 0 aromatic heterocycles. The van der Waals surface area contributed by atoms with Crippen molar-refractivity contribution in [3.63, 3.8) is 0 Å². The van der Waals surface area contributed by atoms with Crippen molar-refractivity contribution in [3.8, 4) is 0 Å². The maximum absolute atomic E-state index is 12.1. The summed E-state index contributed by atoms with van der Waals surface area (Å²) in [7, 11) is 0. The Hall–Kier alpha value is -2.17. The van der Waals surface area contributed by atoms with Gasteiger partial charge in [-0.3, -0.25) is 4.79 Å². The Bertz CT molecular complexity index is 584. The van der Waals surface area contributed by atoms with Gasteiger partial charge in [-0.05, 0) is 24.0 Å². The first-order chi connectivity index (χ1) is 11.8. The summed E-state index contributed by atoms with van der Waals surface area (Å²) >= 11 is 0. The zero-order valence-corrected chi connectivity index (χ0v) is 13.7. The van der Waals surface area contributed by atoms with Gasteiger partial charge in [0, 0.05) is 13.2 Å². The van der Waals surface area contributed by atoms with Crippen LogP contribution in [0.2, 0.25) is 0 Å². The van der Waals surface area contributed by atoms with Crippen LogP contribution >= 0.6 is 0 Å². The molecule has 4 nitrogen and oxygen atoms in total. The molecule has 1 aliphatic heterocycles. The maximum Gasteiger partial charge on any atom is 0.246 e. The van der Waals surface area contributed by atoms with Gasteiger partial charge in [-0.15, -0.1) is 0 Å². The molecule has 0 aliphatic carbocycles. The van der Waals surface area contributed by atoms with Crippen molar-refractivity contribution in [3.05, 3.63) is 71.8 Å². The largest absolute Gasteiger partial charge is 0.376 e. The van der Waals surface area contributed by atoms with Gasteiger partial charge in [-0.25, -0.2) is 0 Å². The lowest BCUT2D eigenvalue weighted by atomic mass is 10.0. The molecule has 3 rings (SSSR count). The van der Waals surface area contributed by atoms with E-state index in [1.807, 2.05) is 60.7 Å². The smallest absolute Gasteiger partial charge is 0.246 e. The summed E-state index contributed by atoms with van der Waals surface area (Å²) in [6, 6.07) is 19.9. The Balaban J connectivity index is 1.59. The Kier molecular flexibility index (Phi) is 5.99. The van der Waals surface area contributed by atoms with Gasteiger partial charge in [0.2, 0.25) is 5.91 Å². The lowest BCUT2D eigenvalue weighted by Crippen LogP contribution is -2.34. The number of hydrogen-bond acceptors (Lipinski definition) is 3. The topological polar surface area (TPSA) is 47.6 Å². The number of benzene rings is 2. The molecule has 2 aromatic carbocycles. The molecule has 0 spiro atoms. The normalized spacial score (nSPS) is 17.1. The number of rotatable bonds is 7. The summed E-state index contributed by atoms with van der Waals surface area (Å²) < 4.78 is 11.5. The molecule has 0 bridgehead atoms. The van der Waals surface area contributed by atoms with E-state index in [-0.39, 0.29) is 24.7 Å². The molecule has 1 aliphatic rings. The van der Waals surface area contributed by atoms with E-state index in [1.54, 1.807) is 0 Å². The number of carbonyl (C=O) groups excluding carboxylic acids is 1. The highest BCUT2D eigenvalue weighted by atomic mass is 16.5. The molecule has 126 valence electrons. The van der Waals surface area contributed by atoms with Crippen LogP contribution in [0.4, 0.5) is 0 Å². The minimum Gasteiger partial charge on any atom is -0.376 e. The maximum atomic E-state index is 12.1. The van der Waals surface area contributed by atoms with Crippen LogP contribution in [0.3, 0.4) is 0 Å². The molecule has 1 N–H and O–H groups in total. The fourth-order valence-corrected chi connectivity index (χ4v) is 2.88. The van der Waals surface area contributed by atoms with E-state index in [0.29, 0.717) is 6.54 Å². The molecule has 1 atom stereocenters. The second kappa shape index (κ2) is 8.62. The van der Waals surface area contributed by atoms with Crippen LogP contribution in [-0.4, -0.2) is 31.8 Å². The summed E-state index contributed by atoms with van der Waals surface area (Å²) in [6.45, 7) is 1.38. The fraction of sp³-hybridized carbons (Fsp3) is 0.350. The molecular weight excluding hydrogens is 302 g/mol. The monoisotopic (exact) mass is 325 g/mol. The molecule has 0 radical (unpaired) electrons. The number of carbonyl (C=O) groups is 1. The summed E-state index contributed by atoms with van der Waals surface area (Å²) in [6.07, 6.45) is 1.98. The van der Waals surface area contributed by atoms with Crippen molar-refractivity contribution in [2.45, 2.75) is 25.0 Å². The number of hydrogen-bond donors (Lipinski definition) is 1. The second-order valence-corrected chi connectivity index (χ2v) is 5.95. The Morgan fingerprint density at radius 3 is 2.25 bits per heavy atom. The molecule has 4 heteroatoms. The third-order valence-corrected chi connectivity index (χ3v) is 4.14. The highest BCUT2D eigenvalue weighted by molar-refractivity contribution is 5.77. The van der Waals surface area contributed by atoms with Crippen molar-refractivity contribution in [2.75, 3.05) is 19.8 Å². The van der Waals surface area contributed by atoms with Crippen LogP contribution in [0.25, 0.3) is 0 Å². The average Bonchev–Trinajstić information content (AvgIpc) is 3.16. The van der Waals surface area contributed by atoms with Gasteiger partial charge in [0.1, 0.15) is 12.7 Å². The van der Waals surface area contributed by atoms with Gasteiger partial charge >= 0.3 is 0 Å². The zero-order valence-electron chi connectivity index (χ0n) is 13.7. The van der Waals surface area contributed by atoms with Crippen LogP contribution < -0.4 is 5.32 Å². The summed E-state index contributed by atoms with van der Waals surface area (Å²) in [5.41, 5.74) is 2.08. The molecule has 1 heterocycles. The van der Waals surface area contributed by atoms with Crippen LogP contribution in [0, 0.1) is 0 Å². The molecule has 0 saturated carbocycles. The van der Waals surface area contributed by atoms with Gasteiger partial charge in [0.25, 0.3) is 0 Å². The molecule has 1 saturated heterocycles. The third-order valence-electron chi connectivity index (χ3n) is 4.14. The first-order valence-corrected chi connectivity index (χ1v) is 8.43. The van der Waals surface area contributed by atoms with Crippen molar-refractivity contribution in [2.24, 2.45) is 0 Å². The van der Waals surface area contributed by atoms with E-state index in [4.69, 9.17) is 9.47 Å². The number of amides is 1. The highest BCUT2D eigenvalue weighted by Crippen LogP contribution is 2.25. The van der Waals surface area contributed by atoms with E-state index in [9.17, 15) is 4.79 Å². The van der Waals surface area contributed by atoms with E-state index in [1.165, 1.54) is 0 Å². The first-order valence-electron chi connectivity index (χ1n) is 8.43. The molecule has 0 unspecified atom stereocenters. The Morgan fingerprint density at radius 1 is 1.08 bits per heavy atom. The minimum atomic E-state index is -0.249. The molecule has 24 heavy (non-hydrogen) atoms. The molecule has 1 fully saturated rings. The van der Waals surface area contributed by atoms with E-state index >= 15 is 0 Å². The van der Waals surface area contributed by atoms with Crippen molar-refractivity contribution in [1.82, 2.24) is 5.32 Å². The fourth-order valence-electron chi connectivity index (χ4n) is 2.88. The third kappa shape index (κ3) is 4.66. The van der Waals surface area contributed by atoms with Crippen molar-refractivity contribution in [1.29, 1.82) is 0 Å². The van der Waals surface area contributed by atoms with Gasteiger partial charge in [0.05, 0.1) is 6.10 Å². The standard InChI is InChI=1S/C20H23NO3/c22-19(21-14-18-12-7-13-23-18)15-24-20(16-8-3-1-4-9-16)17-10-5-2-6-11-17/h1-6,8-11,18,20H,7,12-15H2,(H,21,22)/t18-/m1/s1. The Labute approximate surface area is 142 Å². The molecular formula is C20H23NO3. The summed E-state index contributed by atoms with van der Waals surface area (Å²) in [4.78, 5) is 12.1. The van der Waals surface area contributed by atoms with E-state index in [0.717, 1.165) is 30.6 Å². The van der Waals surface area contributed by atoms with Crippen LogP contribution in [0.15, 0.2) is 60.7 Å². The van der Waals surface area contributed by atoms with Gasteiger partial charge in [0.15, 0.2) is 0 Å². The van der Waals surface area contributed by atoms with Crippen molar-refractivity contribution < 1.29 is 14.3 Å². The molecule has 2 aromatic rings. The van der Waals surface area contributed by atoms with Crippen molar-refractivity contribution >= 4 is 5.91 Å². The van der Waals surface area contributed by atoms with E-state index < -0.39 is 0 Å². The van der Waals surface area contributed by atoms with Crippen LogP contribution in [0.5, 0.6) is 0 Å².